The van der Waals surface area contributed by atoms with Crippen LogP contribution in [0.15, 0.2) is 75.1 Å². The SMILES string of the molecule is N#C/C(=C\c1ccc(-c2ccc(Cl)cc2)o1)C(=O)Nc1ccc(Br)cc1. The predicted octanol–water partition coefficient (Wildman–Crippen LogP) is 5.91. The maximum absolute atomic E-state index is 12.3. The molecule has 1 N–H and O–H groups in total. The number of hydrogen-bond donors (Lipinski definition) is 1. The van der Waals surface area contributed by atoms with Crippen molar-refractivity contribution in [3.63, 3.8) is 0 Å². The summed E-state index contributed by atoms with van der Waals surface area (Å²) in [6.45, 7) is 0. The normalized spacial score (nSPS) is 11.0. The van der Waals surface area contributed by atoms with Gasteiger partial charge < -0.3 is 9.73 Å². The molecule has 0 aliphatic rings. The van der Waals surface area contributed by atoms with Gasteiger partial charge in [0, 0.05) is 26.8 Å². The third-order valence-corrected chi connectivity index (χ3v) is 4.29. The van der Waals surface area contributed by atoms with Crippen molar-refractivity contribution in [2.24, 2.45) is 0 Å². The number of amides is 1. The number of hydrogen-bond acceptors (Lipinski definition) is 3. The van der Waals surface area contributed by atoms with E-state index < -0.39 is 5.91 Å². The minimum Gasteiger partial charge on any atom is -0.457 e. The molecule has 1 heterocycles. The van der Waals surface area contributed by atoms with E-state index in [1.165, 1.54) is 6.08 Å². The average molecular weight is 428 g/mol. The Bertz CT molecular complexity index is 1000. The van der Waals surface area contributed by atoms with E-state index in [9.17, 15) is 10.1 Å². The molecule has 3 aromatic rings. The highest BCUT2D eigenvalue weighted by molar-refractivity contribution is 9.10. The van der Waals surface area contributed by atoms with Crippen molar-refractivity contribution in [3.05, 3.63) is 81.5 Å². The lowest BCUT2D eigenvalue weighted by Crippen LogP contribution is -2.13. The van der Waals surface area contributed by atoms with Crippen molar-refractivity contribution in [2.75, 3.05) is 5.32 Å². The summed E-state index contributed by atoms with van der Waals surface area (Å²) in [6, 6.07) is 19.7. The van der Waals surface area contributed by atoms with Crippen LogP contribution in [0.5, 0.6) is 0 Å². The van der Waals surface area contributed by atoms with Crippen LogP contribution in [0.2, 0.25) is 5.02 Å². The van der Waals surface area contributed by atoms with Crippen LogP contribution in [0.3, 0.4) is 0 Å². The first-order chi connectivity index (χ1) is 12.5. The van der Waals surface area contributed by atoms with Crippen molar-refractivity contribution >= 4 is 45.2 Å². The van der Waals surface area contributed by atoms with Crippen molar-refractivity contribution in [3.8, 4) is 17.4 Å². The number of carbonyl (C=O) groups excluding carboxylic acids is 1. The quantitative estimate of drug-likeness (QED) is 0.416. The smallest absolute Gasteiger partial charge is 0.266 e. The molecule has 128 valence electrons. The lowest BCUT2D eigenvalue weighted by molar-refractivity contribution is -0.112. The molecular formula is C20H12BrClN2O2. The molecule has 0 radical (unpaired) electrons. The van der Waals surface area contributed by atoms with E-state index >= 15 is 0 Å². The number of halogens is 2. The minimum atomic E-state index is -0.501. The number of nitrogens with zero attached hydrogens (tertiary/aromatic N) is 1. The molecule has 0 aliphatic carbocycles. The molecule has 0 saturated carbocycles. The van der Waals surface area contributed by atoms with Crippen molar-refractivity contribution in [1.29, 1.82) is 5.26 Å². The number of furan rings is 1. The van der Waals surface area contributed by atoms with Gasteiger partial charge in [-0.3, -0.25) is 4.79 Å². The van der Waals surface area contributed by atoms with Crippen LogP contribution < -0.4 is 5.32 Å². The number of benzene rings is 2. The summed E-state index contributed by atoms with van der Waals surface area (Å²) >= 11 is 9.21. The summed E-state index contributed by atoms with van der Waals surface area (Å²) < 4.78 is 6.60. The molecule has 26 heavy (non-hydrogen) atoms. The Morgan fingerprint density at radius 1 is 1.08 bits per heavy atom. The Kier molecular flexibility index (Phi) is 5.57. The summed E-state index contributed by atoms with van der Waals surface area (Å²) in [5.41, 5.74) is 1.40. The third-order valence-electron chi connectivity index (χ3n) is 3.51. The summed E-state index contributed by atoms with van der Waals surface area (Å²) in [5.74, 6) is 0.537. The first-order valence-electron chi connectivity index (χ1n) is 7.59. The maximum Gasteiger partial charge on any atom is 0.266 e. The van der Waals surface area contributed by atoms with Gasteiger partial charge in [-0.25, -0.2) is 0 Å². The van der Waals surface area contributed by atoms with E-state index in [4.69, 9.17) is 16.0 Å². The third kappa shape index (κ3) is 4.42. The van der Waals surface area contributed by atoms with Crippen molar-refractivity contribution in [1.82, 2.24) is 0 Å². The van der Waals surface area contributed by atoms with Gasteiger partial charge in [-0.2, -0.15) is 5.26 Å². The van der Waals surface area contributed by atoms with Gasteiger partial charge in [-0.1, -0.05) is 27.5 Å². The molecule has 1 aromatic heterocycles. The molecule has 0 atom stereocenters. The van der Waals surface area contributed by atoms with Gasteiger partial charge in [0.2, 0.25) is 0 Å². The second kappa shape index (κ2) is 8.05. The first kappa shape index (κ1) is 18.0. The Labute approximate surface area is 163 Å². The molecule has 4 nitrogen and oxygen atoms in total. The monoisotopic (exact) mass is 426 g/mol. The number of anilines is 1. The Morgan fingerprint density at radius 2 is 1.77 bits per heavy atom. The predicted molar refractivity (Wildman–Crippen MR) is 106 cm³/mol. The van der Waals surface area contributed by atoms with Gasteiger partial charge in [0.25, 0.3) is 5.91 Å². The fourth-order valence-electron chi connectivity index (χ4n) is 2.22. The van der Waals surface area contributed by atoms with Crippen LogP contribution >= 0.6 is 27.5 Å². The fourth-order valence-corrected chi connectivity index (χ4v) is 2.61. The van der Waals surface area contributed by atoms with Gasteiger partial charge in [0.1, 0.15) is 23.2 Å². The van der Waals surface area contributed by atoms with Crippen LogP contribution in [0.4, 0.5) is 5.69 Å². The minimum absolute atomic E-state index is 0.0510. The second-order valence-corrected chi connectivity index (χ2v) is 6.69. The van der Waals surface area contributed by atoms with Crippen LogP contribution in [0.1, 0.15) is 5.76 Å². The van der Waals surface area contributed by atoms with E-state index in [0.717, 1.165) is 10.0 Å². The molecule has 1 amide bonds. The molecular weight excluding hydrogens is 416 g/mol. The lowest BCUT2D eigenvalue weighted by atomic mass is 10.2. The van der Waals surface area contributed by atoms with E-state index in [1.54, 1.807) is 48.5 Å². The van der Waals surface area contributed by atoms with Gasteiger partial charge >= 0.3 is 0 Å². The Morgan fingerprint density at radius 3 is 2.42 bits per heavy atom. The molecule has 2 aromatic carbocycles. The molecule has 0 saturated heterocycles. The molecule has 0 unspecified atom stereocenters. The van der Waals surface area contributed by atoms with Gasteiger partial charge in [-0.05, 0) is 60.7 Å². The van der Waals surface area contributed by atoms with Crippen molar-refractivity contribution < 1.29 is 9.21 Å². The second-order valence-electron chi connectivity index (χ2n) is 5.34. The van der Waals surface area contributed by atoms with E-state index in [2.05, 4.69) is 21.2 Å². The highest BCUT2D eigenvalue weighted by Gasteiger charge is 2.11. The van der Waals surface area contributed by atoms with Crippen LogP contribution in [0.25, 0.3) is 17.4 Å². The number of carbonyl (C=O) groups is 1. The zero-order valence-electron chi connectivity index (χ0n) is 13.4. The topological polar surface area (TPSA) is 66.0 Å². The molecule has 3 rings (SSSR count). The summed E-state index contributed by atoms with van der Waals surface area (Å²) in [5, 5.41) is 12.6. The number of rotatable bonds is 4. The largest absolute Gasteiger partial charge is 0.457 e. The van der Waals surface area contributed by atoms with Crippen LogP contribution in [-0.4, -0.2) is 5.91 Å². The van der Waals surface area contributed by atoms with E-state index in [-0.39, 0.29) is 5.57 Å². The lowest BCUT2D eigenvalue weighted by Gasteiger charge is -2.03. The van der Waals surface area contributed by atoms with E-state index in [1.807, 2.05) is 18.2 Å². The Balaban J connectivity index is 1.78. The van der Waals surface area contributed by atoms with Crippen LogP contribution in [-0.2, 0) is 4.79 Å². The van der Waals surface area contributed by atoms with Crippen LogP contribution in [0, 0.1) is 11.3 Å². The summed E-state index contributed by atoms with van der Waals surface area (Å²) in [4.78, 5) is 12.3. The number of nitrogens with one attached hydrogen (secondary N) is 1. The molecule has 0 spiro atoms. The molecule has 0 aliphatic heterocycles. The van der Waals surface area contributed by atoms with E-state index in [0.29, 0.717) is 22.2 Å². The molecule has 6 heteroatoms. The van der Waals surface area contributed by atoms with Gasteiger partial charge in [-0.15, -0.1) is 0 Å². The summed E-state index contributed by atoms with van der Waals surface area (Å²) in [7, 11) is 0. The zero-order chi connectivity index (χ0) is 18.5. The Hall–Kier alpha value is -2.81. The number of nitriles is 1. The maximum atomic E-state index is 12.3. The standard InChI is InChI=1S/C20H12BrClN2O2/c21-15-3-7-17(8-4-15)24-20(25)14(12-23)11-18-9-10-19(26-18)13-1-5-16(22)6-2-13/h1-11H,(H,24,25)/b14-11+. The fraction of sp³-hybridized carbons (Fsp3) is 0. The highest BCUT2D eigenvalue weighted by Crippen LogP contribution is 2.25. The summed E-state index contributed by atoms with van der Waals surface area (Å²) in [6.07, 6.45) is 1.41. The van der Waals surface area contributed by atoms with Gasteiger partial charge in [0.15, 0.2) is 0 Å². The molecule has 0 fully saturated rings. The zero-order valence-corrected chi connectivity index (χ0v) is 15.7. The molecule has 0 bridgehead atoms. The first-order valence-corrected chi connectivity index (χ1v) is 8.77. The average Bonchev–Trinajstić information content (AvgIpc) is 3.11. The van der Waals surface area contributed by atoms with Gasteiger partial charge in [0.05, 0.1) is 0 Å². The van der Waals surface area contributed by atoms with Crippen molar-refractivity contribution in [2.45, 2.75) is 0 Å². The highest BCUT2D eigenvalue weighted by atomic mass is 79.9.